The van der Waals surface area contributed by atoms with E-state index in [0.717, 1.165) is 28.7 Å². The third-order valence-electron chi connectivity index (χ3n) is 3.19. The average molecular weight is 520 g/mol. The van der Waals surface area contributed by atoms with Gasteiger partial charge < -0.3 is 10.6 Å². The molecule has 2 heterocycles. The summed E-state index contributed by atoms with van der Waals surface area (Å²) in [5.74, 6) is 0.578. The van der Waals surface area contributed by atoms with Crippen molar-refractivity contribution in [3.8, 4) is 0 Å². The molecule has 11 heteroatoms. The molecule has 0 aliphatic heterocycles. The molecule has 2 aromatic rings. The molecule has 0 amide bonds. The number of nitrogens with one attached hydrogen (secondary N) is 2. The van der Waals surface area contributed by atoms with Crippen molar-refractivity contribution >= 4 is 52.9 Å². The first-order valence-corrected chi connectivity index (χ1v) is 8.71. The van der Waals surface area contributed by atoms with Gasteiger partial charge in [0.1, 0.15) is 5.15 Å². The molecule has 0 radical (unpaired) electrons. The number of guanidine groups is 1. The van der Waals surface area contributed by atoms with Crippen LogP contribution in [-0.2, 0) is 19.0 Å². The fourth-order valence-electron chi connectivity index (χ4n) is 1.94. The molecule has 26 heavy (non-hydrogen) atoms. The maximum atomic E-state index is 12.5. The Labute approximate surface area is 175 Å². The van der Waals surface area contributed by atoms with Gasteiger partial charge in [0.05, 0.1) is 5.01 Å². The molecule has 0 aliphatic carbocycles. The summed E-state index contributed by atoms with van der Waals surface area (Å²) in [7, 11) is 1.63. The summed E-state index contributed by atoms with van der Waals surface area (Å²) in [6.45, 7) is 1.07. The lowest BCUT2D eigenvalue weighted by Crippen LogP contribution is -2.39. The Morgan fingerprint density at radius 2 is 1.92 bits per heavy atom. The summed E-state index contributed by atoms with van der Waals surface area (Å²) >= 11 is 6.73. The number of pyridine rings is 1. The SMILES string of the molecule is CN=C(NCCc1ccc(Cl)nc1)NCCc1nc(C(F)(F)F)cs1.I. The molecule has 0 spiro atoms. The third-order valence-corrected chi connectivity index (χ3v) is 4.32. The zero-order valence-electron chi connectivity index (χ0n) is 13.8. The quantitative estimate of drug-likeness (QED) is 0.264. The minimum absolute atomic E-state index is 0. The number of thiazole rings is 1. The van der Waals surface area contributed by atoms with Crippen LogP contribution in [0.4, 0.5) is 13.2 Å². The summed E-state index contributed by atoms with van der Waals surface area (Å²) in [5, 5.41) is 8.09. The zero-order valence-corrected chi connectivity index (χ0v) is 17.7. The van der Waals surface area contributed by atoms with Crippen molar-refractivity contribution in [3.63, 3.8) is 0 Å². The number of nitrogens with zero attached hydrogens (tertiary/aromatic N) is 3. The molecule has 2 N–H and O–H groups in total. The lowest BCUT2D eigenvalue weighted by molar-refractivity contribution is -0.140. The molecule has 0 aromatic carbocycles. The number of halogens is 5. The third kappa shape index (κ3) is 7.62. The first-order valence-electron chi connectivity index (χ1n) is 7.45. The molecule has 0 unspecified atom stereocenters. The van der Waals surface area contributed by atoms with Gasteiger partial charge in [0.25, 0.3) is 0 Å². The molecule has 0 saturated carbocycles. The van der Waals surface area contributed by atoms with Crippen molar-refractivity contribution < 1.29 is 13.2 Å². The van der Waals surface area contributed by atoms with Crippen LogP contribution in [0, 0.1) is 0 Å². The fourth-order valence-corrected chi connectivity index (χ4v) is 2.86. The topological polar surface area (TPSA) is 62.2 Å². The van der Waals surface area contributed by atoms with Crippen LogP contribution in [0.1, 0.15) is 16.3 Å². The predicted octanol–water partition coefficient (Wildman–Crippen LogP) is 3.78. The van der Waals surface area contributed by atoms with Gasteiger partial charge in [-0.05, 0) is 18.1 Å². The summed E-state index contributed by atoms with van der Waals surface area (Å²) in [4.78, 5) is 11.7. The maximum absolute atomic E-state index is 12.5. The van der Waals surface area contributed by atoms with Gasteiger partial charge in [-0.15, -0.1) is 35.3 Å². The normalized spacial score (nSPS) is 11.8. The van der Waals surface area contributed by atoms with Crippen LogP contribution in [0.25, 0.3) is 0 Å². The highest BCUT2D eigenvalue weighted by Gasteiger charge is 2.33. The number of rotatable bonds is 6. The highest BCUT2D eigenvalue weighted by Crippen LogP contribution is 2.29. The minimum Gasteiger partial charge on any atom is -0.356 e. The van der Waals surface area contributed by atoms with E-state index in [1.807, 2.05) is 6.07 Å². The van der Waals surface area contributed by atoms with E-state index >= 15 is 0 Å². The molecule has 0 aliphatic rings. The van der Waals surface area contributed by atoms with Crippen molar-refractivity contribution in [1.29, 1.82) is 0 Å². The molecule has 0 saturated heterocycles. The van der Waals surface area contributed by atoms with Gasteiger partial charge in [0, 0.05) is 38.1 Å². The Balaban J connectivity index is 0.00000338. The highest BCUT2D eigenvalue weighted by molar-refractivity contribution is 14.0. The molecular formula is C15H18ClF3IN5S. The second-order valence-corrected chi connectivity index (χ2v) is 6.37. The molecule has 0 bridgehead atoms. The van der Waals surface area contributed by atoms with E-state index in [9.17, 15) is 13.2 Å². The lowest BCUT2D eigenvalue weighted by atomic mass is 10.2. The van der Waals surface area contributed by atoms with Crippen LogP contribution in [0.3, 0.4) is 0 Å². The van der Waals surface area contributed by atoms with E-state index in [0.29, 0.717) is 35.6 Å². The van der Waals surface area contributed by atoms with Gasteiger partial charge in [-0.2, -0.15) is 13.2 Å². The molecular weight excluding hydrogens is 502 g/mol. The van der Waals surface area contributed by atoms with Crippen LogP contribution >= 0.6 is 46.9 Å². The minimum atomic E-state index is -4.39. The van der Waals surface area contributed by atoms with Gasteiger partial charge >= 0.3 is 6.18 Å². The number of aromatic nitrogens is 2. The van der Waals surface area contributed by atoms with E-state index < -0.39 is 11.9 Å². The van der Waals surface area contributed by atoms with Crippen molar-refractivity contribution in [2.45, 2.75) is 19.0 Å². The first-order chi connectivity index (χ1) is 11.9. The average Bonchev–Trinajstić information content (AvgIpc) is 3.04. The Morgan fingerprint density at radius 3 is 2.46 bits per heavy atom. The summed E-state index contributed by atoms with van der Waals surface area (Å²) in [5.41, 5.74) is 0.196. The summed E-state index contributed by atoms with van der Waals surface area (Å²) < 4.78 is 37.5. The Kier molecular flexibility index (Phi) is 9.58. The fraction of sp³-hybridized carbons (Fsp3) is 0.400. The molecule has 2 aromatic heterocycles. The second-order valence-electron chi connectivity index (χ2n) is 5.04. The number of alkyl halides is 3. The lowest BCUT2D eigenvalue weighted by Gasteiger charge is -2.11. The van der Waals surface area contributed by atoms with Crippen molar-refractivity contribution in [2.24, 2.45) is 4.99 Å². The van der Waals surface area contributed by atoms with Crippen molar-refractivity contribution in [1.82, 2.24) is 20.6 Å². The summed E-state index contributed by atoms with van der Waals surface area (Å²) in [6, 6.07) is 3.63. The van der Waals surface area contributed by atoms with E-state index in [4.69, 9.17) is 11.6 Å². The van der Waals surface area contributed by atoms with Gasteiger partial charge in [0.2, 0.25) is 0 Å². The second kappa shape index (κ2) is 10.9. The Morgan fingerprint density at radius 1 is 1.23 bits per heavy atom. The summed E-state index contributed by atoms with van der Waals surface area (Å²) in [6.07, 6.45) is -1.55. The molecule has 5 nitrogen and oxygen atoms in total. The number of hydrogen-bond acceptors (Lipinski definition) is 4. The van der Waals surface area contributed by atoms with E-state index in [2.05, 4.69) is 25.6 Å². The predicted molar refractivity (Wildman–Crippen MR) is 109 cm³/mol. The Hall–Kier alpha value is -1.14. The number of hydrogen-bond donors (Lipinski definition) is 2. The Bertz CT molecular complexity index is 706. The largest absolute Gasteiger partial charge is 0.434 e. The van der Waals surface area contributed by atoms with Crippen molar-refractivity contribution in [3.05, 3.63) is 45.1 Å². The molecule has 0 atom stereocenters. The van der Waals surface area contributed by atoms with Gasteiger partial charge in [0.15, 0.2) is 11.7 Å². The van der Waals surface area contributed by atoms with Gasteiger partial charge in [-0.1, -0.05) is 17.7 Å². The molecule has 2 rings (SSSR count). The standard InChI is InChI=1S/C15H17ClF3N5S.HI/c1-20-14(21-6-4-10-2-3-12(16)23-8-10)22-7-5-13-24-11(9-25-13)15(17,18)19;/h2-3,8-9H,4-7H2,1H3,(H2,20,21,22);1H. The monoisotopic (exact) mass is 519 g/mol. The first kappa shape index (κ1) is 22.9. The molecule has 0 fully saturated rings. The smallest absolute Gasteiger partial charge is 0.356 e. The van der Waals surface area contributed by atoms with E-state index in [-0.39, 0.29) is 24.0 Å². The molecule has 144 valence electrons. The van der Waals surface area contributed by atoms with Crippen LogP contribution in [0.5, 0.6) is 0 Å². The van der Waals surface area contributed by atoms with Gasteiger partial charge in [-0.25, -0.2) is 9.97 Å². The van der Waals surface area contributed by atoms with Gasteiger partial charge in [-0.3, -0.25) is 4.99 Å². The van der Waals surface area contributed by atoms with Crippen molar-refractivity contribution in [2.75, 3.05) is 20.1 Å². The maximum Gasteiger partial charge on any atom is 0.434 e. The van der Waals surface area contributed by atoms with Crippen LogP contribution in [0.2, 0.25) is 5.15 Å². The van der Waals surface area contributed by atoms with Crippen LogP contribution < -0.4 is 10.6 Å². The van der Waals surface area contributed by atoms with E-state index in [1.54, 1.807) is 19.3 Å². The van der Waals surface area contributed by atoms with E-state index in [1.165, 1.54) is 0 Å². The van der Waals surface area contributed by atoms with Crippen LogP contribution in [0.15, 0.2) is 28.7 Å². The highest BCUT2D eigenvalue weighted by atomic mass is 127. The number of aliphatic imine (C=N–C) groups is 1. The zero-order chi connectivity index (χ0) is 18.3. The van der Waals surface area contributed by atoms with Crippen LogP contribution in [-0.4, -0.2) is 36.1 Å².